The van der Waals surface area contributed by atoms with Gasteiger partial charge in [-0.25, -0.2) is 0 Å². The zero-order valence-corrected chi connectivity index (χ0v) is 8.92. The molecule has 0 atom stereocenters. The Kier molecular flexibility index (Phi) is 3.03. The van der Waals surface area contributed by atoms with Gasteiger partial charge in [-0.05, 0) is 12.5 Å². The summed E-state index contributed by atoms with van der Waals surface area (Å²) in [5.74, 6) is 0. The summed E-state index contributed by atoms with van der Waals surface area (Å²) < 4.78 is 60.2. The van der Waals surface area contributed by atoms with Crippen molar-refractivity contribution in [1.29, 1.82) is 0 Å². The normalized spacial score (nSPS) is 19.7. The van der Waals surface area contributed by atoms with Crippen molar-refractivity contribution < 1.29 is 25.9 Å². The Morgan fingerprint density at radius 1 is 1.13 bits per heavy atom. The van der Waals surface area contributed by atoms with E-state index in [9.17, 15) is 16.8 Å². The lowest BCUT2D eigenvalue weighted by molar-refractivity contribution is 0.489. The van der Waals surface area contributed by atoms with Gasteiger partial charge in [0.05, 0.1) is 15.9 Å². The third-order valence-corrected chi connectivity index (χ3v) is 3.50. The van der Waals surface area contributed by atoms with E-state index in [0.717, 1.165) is 6.08 Å². The second kappa shape index (κ2) is 3.68. The lowest BCUT2D eigenvalue weighted by Crippen LogP contribution is -2.22. The van der Waals surface area contributed by atoms with Gasteiger partial charge in [0.25, 0.3) is 20.2 Å². The van der Waals surface area contributed by atoms with Crippen LogP contribution in [0.3, 0.4) is 0 Å². The molecule has 0 aromatic heterocycles. The van der Waals surface area contributed by atoms with Crippen LogP contribution in [-0.2, 0) is 20.2 Å². The van der Waals surface area contributed by atoms with E-state index in [1.54, 1.807) is 0 Å². The Balaban J connectivity index is 3.30. The van der Waals surface area contributed by atoms with Crippen molar-refractivity contribution in [3.8, 4) is 0 Å². The highest BCUT2D eigenvalue weighted by atomic mass is 32.2. The van der Waals surface area contributed by atoms with Crippen LogP contribution in [0.15, 0.2) is 22.0 Å². The third-order valence-electron chi connectivity index (χ3n) is 1.69. The van der Waals surface area contributed by atoms with Crippen LogP contribution in [0.25, 0.3) is 0 Å². The Labute approximate surface area is 86.8 Å². The van der Waals surface area contributed by atoms with Gasteiger partial charge in [0.2, 0.25) is 0 Å². The third kappa shape index (κ3) is 2.86. The van der Waals surface area contributed by atoms with Crippen molar-refractivity contribution in [2.24, 2.45) is 5.73 Å². The van der Waals surface area contributed by atoms with Crippen LogP contribution in [0.1, 0.15) is 6.42 Å². The molecule has 1 radical (unpaired) electrons. The monoisotopic (exact) mass is 254 g/mol. The number of hydrogen-bond acceptors (Lipinski definition) is 5. The maximum Gasteiger partial charge on any atom is 0.294 e. The molecular formula is C6H8NO6S2. The molecule has 0 aromatic carbocycles. The van der Waals surface area contributed by atoms with Gasteiger partial charge in [0.15, 0.2) is 0 Å². The molecule has 0 fully saturated rings. The van der Waals surface area contributed by atoms with Gasteiger partial charge in [0, 0.05) is 0 Å². The standard InChI is InChI=1S/C6H8NO6S2/c7-5-2-1-4(14(8,9)10)3-6(5)15(11,12)13/h1,3H,2,7H2,(H,8,9,10)(H,11,12,13). The van der Waals surface area contributed by atoms with Crippen LogP contribution in [0, 0.1) is 6.04 Å². The average molecular weight is 254 g/mol. The molecular weight excluding hydrogens is 246 g/mol. The number of nitrogens with two attached hydrogens (primary N) is 1. The molecule has 0 saturated heterocycles. The second-order valence-corrected chi connectivity index (χ2v) is 5.61. The van der Waals surface area contributed by atoms with Gasteiger partial charge < -0.3 is 5.73 Å². The molecule has 1 aliphatic rings. The molecule has 9 heteroatoms. The first-order chi connectivity index (χ1) is 6.62. The van der Waals surface area contributed by atoms with Crippen molar-refractivity contribution in [2.45, 2.75) is 6.42 Å². The van der Waals surface area contributed by atoms with Crippen LogP contribution in [-0.4, -0.2) is 25.9 Å². The zero-order valence-electron chi connectivity index (χ0n) is 7.28. The Morgan fingerprint density at radius 3 is 2.07 bits per heavy atom. The van der Waals surface area contributed by atoms with Crippen LogP contribution < -0.4 is 5.73 Å². The van der Waals surface area contributed by atoms with Crippen molar-refractivity contribution >= 4 is 20.2 Å². The van der Waals surface area contributed by atoms with Crippen molar-refractivity contribution in [2.75, 3.05) is 0 Å². The first-order valence-electron chi connectivity index (χ1n) is 3.61. The number of hydrogen-bond donors (Lipinski definition) is 3. The molecule has 1 aliphatic carbocycles. The quantitative estimate of drug-likeness (QED) is 0.561. The smallest absolute Gasteiger partial charge is 0.294 e. The molecule has 0 bridgehead atoms. The SMILES string of the molecule is N[C]1CC=C(S(=O)(=O)O)C=C1S(=O)(=O)O. The van der Waals surface area contributed by atoms with Gasteiger partial charge in [0.1, 0.15) is 0 Å². The predicted molar refractivity (Wildman–Crippen MR) is 51.3 cm³/mol. The fourth-order valence-electron chi connectivity index (χ4n) is 1.01. The van der Waals surface area contributed by atoms with E-state index in [1.807, 2.05) is 0 Å². The molecule has 0 amide bonds. The van der Waals surface area contributed by atoms with Gasteiger partial charge in [-0.2, -0.15) is 16.8 Å². The van der Waals surface area contributed by atoms with Gasteiger partial charge in [-0.3, -0.25) is 9.11 Å². The minimum absolute atomic E-state index is 0.180. The minimum atomic E-state index is -4.59. The summed E-state index contributed by atoms with van der Waals surface area (Å²) in [6.45, 7) is 0. The van der Waals surface area contributed by atoms with E-state index in [2.05, 4.69) is 0 Å². The van der Waals surface area contributed by atoms with E-state index >= 15 is 0 Å². The van der Waals surface area contributed by atoms with Gasteiger partial charge in [-0.15, -0.1) is 0 Å². The lowest BCUT2D eigenvalue weighted by atomic mass is 10.1. The molecule has 0 aliphatic heterocycles. The molecule has 0 spiro atoms. The minimum Gasteiger partial charge on any atom is -0.319 e. The van der Waals surface area contributed by atoms with E-state index in [-0.39, 0.29) is 12.5 Å². The van der Waals surface area contributed by atoms with Gasteiger partial charge in [-0.1, -0.05) is 6.08 Å². The molecule has 85 valence electrons. The molecule has 0 saturated carbocycles. The topological polar surface area (TPSA) is 135 Å². The molecule has 7 nitrogen and oxygen atoms in total. The van der Waals surface area contributed by atoms with Crippen LogP contribution >= 0.6 is 0 Å². The summed E-state index contributed by atoms with van der Waals surface area (Å²) in [5, 5.41) is 0. The van der Waals surface area contributed by atoms with E-state index in [1.165, 1.54) is 0 Å². The molecule has 15 heavy (non-hydrogen) atoms. The number of rotatable bonds is 2. The summed E-state index contributed by atoms with van der Waals surface area (Å²) in [5.41, 5.74) is 5.26. The molecule has 0 unspecified atom stereocenters. The van der Waals surface area contributed by atoms with E-state index in [4.69, 9.17) is 14.8 Å². The lowest BCUT2D eigenvalue weighted by Gasteiger charge is -2.15. The second-order valence-electron chi connectivity index (χ2n) is 2.79. The largest absolute Gasteiger partial charge is 0.319 e. The van der Waals surface area contributed by atoms with Gasteiger partial charge >= 0.3 is 0 Å². The van der Waals surface area contributed by atoms with Crippen molar-refractivity contribution in [3.05, 3.63) is 28.0 Å². The molecule has 0 heterocycles. The summed E-state index contributed by atoms with van der Waals surface area (Å²) >= 11 is 0. The summed E-state index contributed by atoms with van der Waals surface area (Å²) in [7, 11) is -9.09. The number of allylic oxidation sites excluding steroid dienone is 1. The zero-order chi connectivity index (χ0) is 11.9. The summed E-state index contributed by atoms with van der Waals surface area (Å²) in [4.78, 5) is -1.32. The Bertz CT molecular complexity index is 526. The molecule has 4 N–H and O–H groups in total. The highest BCUT2D eigenvalue weighted by Crippen LogP contribution is 2.27. The Hall–Kier alpha value is -0.740. The first kappa shape index (κ1) is 12.3. The fraction of sp³-hybridized carbons (Fsp3) is 0.167. The highest BCUT2D eigenvalue weighted by molar-refractivity contribution is 7.91. The summed E-state index contributed by atoms with van der Waals surface area (Å²) in [6, 6.07) is -0.190. The maximum atomic E-state index is 10.8. The molecule has 1 rings (SSSR count). The fourth-order valence-corrected chi connectivity index (χ4v) is 2.34. The van der Waals surface area contributed by atoms with Crippen molar-refractivity contribution in [3.63, 3.8) is 0 Å². The Morgan fingerprint density at radius 2 is 1.67 bits per heavy atom. The highest BCUT2D eigenvalue weighted by Gasteiger charge is 2.28. The molecule has 0 aromatic rings. The van der Waals surface area contributed by atoms with E-state index in [0.29, 0.717) is 6.08 Å². The average Bonchev–Trinajstić information content (AvgIpc) is 2.00. The van der Waals surface area contributed by atoms with E-state index < -0.39 is 30.0 Å². The van der Waals surface area contributed by atoms with Crippen LogP contribution in [0.5, 0.6) is 0 Å². The predicted octanol–water partition coefficient (Wildman–Crippen LogP) is -0.576. The van der Waals surface area contributed by atoms with Crippen LogP contribution in [0.2, 0.25) is 0 Å². The van der Waals surface area contributed by atoms with Crippen LogP contribution in [0.4, 0.5) is 0 Å². The van der Waals surface area contributed by atoms with Crippen molar-refractivity contribution in [1.82, 2.24) is 0 Å². The summed E-state index contributed by atoms with van der Waals surface area (Å²) in [6.07, 6.45) is 1.46. The maximum absolute atomic E-state index is 10.8. The first-order valence-corrected chi connectivity index (χ1v) is 6.49.